The third kappa shape index (κ3) is 3.61. The van der Waals surface area contributed by atoms with E-state index in [1.807, 2.05) is 0 Å². The fourth-order valence-electron chi connectivity index (χ4n) is 1.65. The minimum absolute atomic E-state index is 0.149. The van der Waals surface area contributed by atoms with Gasteiger partial charge in [-0.1, -0.05) is 6.07 Å². The molecule has 1 aromatic rings. The lowest BCUT2D eigenvalue weighted by Gasteiger charge is -2.18. The van der Waals surface area contributed by atoms with Gasteiger partial charge in [-0.3, -0.25) is 0 Å². The van der Waals surface area contributed by atoms with Gasteiger partial charge in [0.25, 0.3) is 0 Å². The van der Waals surface area contributed by atoms with Crippen LogP contribution in [0.3, 0.4) is 0 Å². The van der Waals surface area contributed by atoms with Gasteiger partial charge in [-0.15, -0.1) is 0 Å². The molecule has 0 spiro atoms. The van der Waals surface area contributed by atoms with Crippen LogP contribution in [0.2, 0.25) is 0 Å². The molecular formula is C11H17NO4S. The number of methoxy groups -OCH3 is 2. The molecule has 1 rings (SSSR count). The van der Waals surface area contributed by atoms with Gasteiger partial charge in [0.05, 0.1) is 31.6 Å². The van der Waals surface area contributed by atoms with Crippen LogP contribution in [0.15, 0.2) is 18.2 Å². The number of nitrogens with two attached hydrogens (primary N) is 1. The maximum atomic E-state index is 11.3. The van der Waals surface area contributed by atoms with Crippen molar-refractivity contribution in [1.82, 2.24) is 0 Å². The fourth-order valence-corrected chi connectivity index (χ4v) is 2.47. The van der Waals surface area contributed by atoms with Crippen molar-refractivity contribution in [2.24, 2.45) is 5.73 Å². The van der Waals surface area contributed by atoms with Crippen molar-refractivity contribution < 1.29 is 17.9 Å². The van der Waals surface area contributed by atoms with Gasteiger partial charge in [0.1, 0.15) is 21.3 Å². The molecule has 0 fully saturated rings. The first-order valence-corrected chi connectivity index (χ1v) is 7.09. The van der Waals surface area contributed by atoms with E-state index in [0.717, 1.165) is 6.26 Å². The van der Waals surface area contributed by atoms with Gasteiger partial charge < -0.3 is 15.2 Å². The molecule has 1 atom stereocenters. The topological polar surface area (TPSA) is 78.6 Å². The van der Waals surface area contributed by atoms with Crippen molar-refractivity contribution in [3.8, 4) is 11.5 Å². The third-order valence-corrected chi connectivity index (χ3v) is 3.28. The van der Waals surface area contributed by atoms with Crippen molar-refractivity contribution in [2.45, 2.75) is 6.04 Å². The quantitative estimate of drug-likeness (QED) is 0.844. The SMILES string of the molecule is COc1cccc(OC)c1C(N)CS(C)(=O)=O. The maximum absolute atomic E-state index is 11.3. The molecule has 0 aliphatic rings. The molecule has 0 aliphatic heterocycles. The number of hydrogen-bond donors (Lipinski definition) is 1. The van der Waals surface area contributed by atoms with Crippen molar-refractivity contribution in [1.29, 1.82) is 0 Å². The predicted octanol–water partition coefficient (Wildman–Crippen LogP) is 0.748. The molecule has 0 amide bonds. The second-order valence-electron chi connectivity index (χ2n) is 3.78. The first kappa shape index (κ1) is 13.8. The van der Waals surface area contributed by atoms with Crippen molar-refractivity contribution in [3.63, 3.8) is 0 Å². The molecule has 0 saturated carbocycles. The third-order valence-electron chi connectivity index (χ3n) is 2.32. The van der Waals surface area contributed by atoms with Crippen LogP contribution in [-0.4, -0.2) is 34.6 Å². The Labute approximate surface area is 101 Å². The van der Waals surface area contributed by atoms with Crippen LogP contribution in [-0.2, 0) is 9.84 Å². The number of ether oxygens (including phenoxy) is 2. The maximum Gasteiger partial charge on any atom is 0.149 e. The molecule has 0 aromatic heterocycles. The monoisotopic (exact) mass is 259 g/mol. The largest absolute Gasteiger partial charge is 0.496 e. The van der Waals surface area contributed by atoms with E-state index >= 15 is 0 Å². The van der Waals surface area contributed by atoms with Gasteiger partial charge in [-0.05, 0) is 12.1 Å². The van der Waals surface area contributed by atoms with E-state index < -0.39 is 15.9 Å². The standard InChI is InChI=1S/C11H17NO4S/c1-15-9-5-4-6-10(16-2)11(9)8(12)7-17(3,13)14/h4-6,8H,7,12H2,1-3H3. The number of hydrogen-bond acceptors (Lipinski definition) is 5. The normalized spacial score (nSPS) is 13.2. The molecule has 0 aliphatic carbocycles. The van der Waals surface area contributed by atoms with Crippen LogP contribution in [0.5, 0.6) is 11.5 Å². The molecule has 96 valence electrons. The first-order valence-electron chi connectivity index (χ1n) is 5.03. The Morgan fingerprint density at radius 2 is 1.71 bits per heavy atom. The molecule has 2 N–H and O–H groups in total. The second-order valence-corrected chi connectivity index (χ2v) is 5.96. The summed E-state index contributed by atoms with van der Waals surface area (Å²) in [5, 5.41) is 0. The Morgan fingerprint density at radius 1 is 1.24 bits per heavy atom. The van der Waals surface area contributed by atoms with Crippen LogP contribution >= 0.6 is 0 Å². The van der Waals surface area contributed by atoms with E-state index in [1.165, 1.54) is 14.2 Å². The molecule has 17 heavy (non-hydrogen) atoms. The minimum Gasteiger partial charge on any atom is -0.496 e. The van der Waals surface area contributed by atoms with Crippen molar-refractivity contribution in [3.05, 3.63) is 23.8 Å². The average Bonchev–Trinajstić information content (AvgIpc) is 2.25. The highest BCUT2D eigenvalue weighted by molar-refractivity contribution is 7.90. The van der Waals surface area contributed by atoms with Crippen LogP contribution in [0, 0.1) is 0 Å². The summed E-state index contributed by atoms with van der Waals surface area (Å²) in [5.41, 5.74) is 6.47. The van der Waals surface area contributed by atoms with Crippen LogP contribution < -0.4 is 15.2 Å². The summed E-state index contributed by atoms with van der Waals surface area (Å²) in [6.45, 7) is 0. The Morgan fingerprint density at radius 3 is 2.06 bits per heavy atom. The average molecular weight is 259 g/mol. The van der Waals surface area contributed by atoms with Gasteiger partial charge in [0, 0.05) is 6.26 Å². The van der Waals surface area contributed by atoms with E-state index in [-0.39, 0.29) is 5.75 Å². The molecule has 1 unspecified atom stereocenters. The van der Waals surface area contributed by atoms with Gasteiger partial charge in [0.2, 0.25) is 0 Å². The van der Waals surface area contributed by atoms with Gasteiger partial charge in [0.15, 0.2) is 0 Å². The summed E-state index contributed by atoms with van der Waals surface area (Å²) in [6.07, 6.45) is 1.15. The van der Waals surface area contributed by atoms with Gasteiger partial charge >= 0.3 is 0 Å². The van der Waals surface area contributed by atoms with Crippen molar-refractivity contribution >= 4 is 9.84 Å². The molecule has 5 nitrogen and oxygen atoms in total. The summed E-state index contributed by atoms with van der Waals surface area (Å²) >= 11 is 0. The zero-order valence-corrected chi connectivity index (χ0v) is 11.0. The summed E-state index contributed by atoms with van der Waals surface area (Å²) < 4.78 is 32.8. The fraction of sp³-hybridized carbons (Fsp3) is 0.455. The van der Waals surface area contributed by atoms with E-state index in [4.69, 9.17) is 15.2 Å². The Bertz CT molecular complexity index is 462. The van der Waals surface area contributed by atoms with E-state index in [1.54, 1.807) is 18.2 Å². The van der Waals surface area contributed by atoms with Crippen molar-refractivity contribution in [2.75, 3.05) is 26.2 Å². The molecular weight excluding hydrogens is 242 g/mol. The van der Waals surface area contributed by atoms with Crippen LogP contribution in [0.4, 0.5) is 0 Å². The zero-order valence-electron chi connectivity index (χ0n) is 10.1. The molecule has 0 radical (unpaired) electrons. The lowest BCUT2D eigenvalue weighted by atomic mass is 10.1. The number of rotatable bonds is 5. The second kappa shape index (κ2) is 5.37. The summed E-state index contributed by atoms with van der Waals surface area (Å²) in [5.74, 6) is 0.907. The summed E-state index contributed by atoms with van der Waals surface area (Å²) in [7, 11) is -0.147. The minimum atomic E-state index is -3.16. The lowest BCUT2D eigenvalue weighted by Crippen LogP contribution is -2.22. The highest BCUT2D eigenvalue weighted by Gasteiger charge is 2.21. The number of benzene rings is 1. The molecule has 0 saturated heterocycles. The zero-order chi connectivity index (χ0) is 13.1. The highest BCUT2D eigenvalue weighted by atomic mass is 32.2. The molecule has 1 aromatic carbocycles. The van der Waals surface area contributed by atoms with E-state index in [0.29, 0.717) is 17.1 Å². The van der Waals surface area contributed by atoms with Crippen LogP contribution in [0.25, 0.3) is 0 Å². The van der Waals surface area contributed by atoms with E-state index in [2.05, 4.69) is 0 Å². The summed E-state index contributed by atoms with van der Waals surface area (Å²) in [4.78, 5) is 0. The van der Waals surface area contributed by atoms with E-state index in [9.17, 15) is 8.42 Å². The van der Waals surface area contributed by atoms with Gasteiger partial charge in [-0.25, -0.2) is 8.42 Å². The Balaban J connectivity index is 3.18. The highest BCUT2D eigenvalue weighted by Crippen LogP contribution is 2.33. The molecule has 6 heteroatoms. The number of sulfone groups is 1. The smallest absolute Gasteiger partial charge is 0.149 e. The van der Waals surface area contributed by atoms with Crippen LogP contribution in [0.1, 0.15) is 11.6 Å². The Kier molecular flexibility index (Phi) is 4.36. The first-order chi connectivity index (χ1) is 7.89. The van der Waals surface area contributed by atoms with Gasteiger partial charge in [-0.2, -0.15) is 0 Å². The predicted molar refractivity (Wildman–Crippen MR) is 66.2 cm³/mol. The lowest BCUT2D eigenvalue weighted by molar-refractivity contribution is 0.381. The summed E-state index contributed by atoms with van der Waals surface area (Å²) in [6, 6.07) is 4.53. The molecule has 0 heterocycles. The molecule has 0 bridgehead atoms. The Hall–Kier alpha value is -1.27.